The van der Waals surface area contributed by atoms with Crippen molar-refractivity contribution < 1.29 is 14.3 Å². The first-order chi connectivity index (χ1) is 10.2. The van der Waals surface area contributed by atoms with E-state index >= 15 is 0 Å². The number of benzene rings is 2. The molecular formula is C17H18O3S. The predicted molar refractivity (Wildman–Crippen MR) is 84.3 cm³/mol. The van der Waals surface area contributed by atoms with E-state index in [9.17, 15) is 4.79 Å². The third-order valence-electron chi connectivity index (χ3n) is 3.15. The fourth-order valence-electron chi connectivity index (χ4n) is 1.97. The van der Waals surface area contributed by atoms with Crippen LogP contribution in [0.3, 0.4) is 0 Å². The van der Waals surface area contributed by atoms with E-state index in [4.69, 9.17) is 9.47 Å². The second kappa shape index (κ2) is 7.18. The number of rotatable bonds is 5. The average molecular weight is 302 g/mol. The Balaban J connectivity index is 2.24. The third-order valence-corrected chi connectivity index (χ3v) is 4.28. The van der Waals surface area contributed by atoms with E-state index in [1.807, 2.05) is 36.4 Å². The van der Waals surface area contributed by atoms with Crippen molar-refractivity contribution in [2.24, 2.45) is 0 Å². The first-order valence-corrected chi connectivity index (χ1v) is 7.52. The van der Waals surface area contributed by atoms with Crippen LogP contribution in [-0.4, -0.2) is 20.2 Å². The first kappa shape index (κ1) is 15.4. The van der Waals surface area contributed by atoms with E-state index in [1.54, 1.807) is 24.9 Å². The molecule has 21 heavy (non-hydrogen) atoms. The van der Waals surface area contributed by atoms with Crippen LogP contribution in [0, 0.1) is 0 Å². The fraction of sp³-hybridized carbons (Fsp3) is 0.235. The number of carbonyl (C=O) groups excluding carboxylic acids is 1. The third kappa shape index (κ3) is 3.79. The molecule has 0 aliphatic rings. The van der Waals surface area contributed by atoms with Crippen molar-refractivity contribution in [2.75, 3.05) is 14.2 Å². The Morgan fingerprint density at radius 2 is 1.81 bits per heavy atom. The van der Waals surface area contributed by atoms with Crippen molar-refractivity contribution >= 4 is 17.7 Å². The molecule has 0 atom stereocenters. The molecule has 2 aromatic rings. The highest BCUT2D eigenvalue weighted by Gasteiger charge is 2.10. The van der Waals surface area contributed by atoms with Crippen molar-refractivity contribution in [3.8, 4) is 5.75 Å². The van der Waals surface area contributed by atoms with E-state index in [0.717, 1.165) is 27.5 Å². The molecule has 0 spiro atoms. The van der Waals surface area contributed by atoms with Gasteiger partial charge in [-0.25, -0.2) is 4.79 Å². The van der Waals surface area contributed by atoms with Gasteiger partial charge >= 0.3 is 5.97 Å². The summed E-state index contributed by atoms with van der Waals surface area (Å²) in [7, 11) is 3.05. The molecule has 0 saturated heterocycles. The van der Waals surface area contributed by atoms with Gasteiger partial charge in [0, 0.05) is 9.79 Å². The van der Waals surface area contributed by atoms with Crippen LogP contribution in [0.5, 0.6) is 5.75 Å². The molecule has 110 valence electrons. The molecule has 0 amide bonds. The van der Waals surface area contributed by atoms with Gasteiger partial charge in [-0.2, -0.15) is 0 Å². The second-order valence-corrected chi connectivity index (χ2v) is 5.56. The van der Waals surface area contributed by atoms with Gasteiger partial charge < -0.3 is 9.47 Å². The van der Waals surface area contributed by atoms with Crippen molar-refractivity contribution in [3.05, 3.63) is 53.6 Å². The Bertz CT molecular complexity index is 620. The fourth-order valence-corrected chi connectivity index (χ4v) is 2.97. The van der Waals surface area contributed by atoms with Gasteiger partial charge in [-0.3, -0.25) is 0 Å². The van der Waals surface area contributed by atoms with Gasteiger partial charge in [0.05, 0.1) is 19.8 Å². The zero-order valence-electron chi connectivity index (χ0n) is 12.4. The quantitative estimate of drug-likeness (QED) is 0.776. The normalized spacial score (nSPS) is 10.2. The van der Waals surface area contributed by atoms with Crippen molar-refractivity contribution in [1.82, 2.24) is 0 Å². The molecule has 0 aromatic heterocycles. The summed E-state index contributed by atoms with van der Waals surface area (Å²) < 4.78 is 9.92. The summed E-state index contributed by atoms with van der Waals surface area (Å²) in [5, 5.41) is 0. The molecule has 4 heteroatoms. The summed E-state index contributed by atoms with van der Waals surface area (Å²) in [5.74, 6) is 0.543. The minimum Gasteiger partial charge on any atom is -0.497 e. The van der Waals surface area contributed by atoms with Crippen LogP contribution < -0.4 is 4.74 Å². The maximum atomic E-state index is 11.6. The van der Waals surface area contributed by atoms with Gasteiger partial charge in [0.1, 0.15) is 5.75 Å². The molecule has 0 aliphatic heterocycles. The Morgan fingerprint density at radius 3 is 2.38 bits per heavy atom. The smallest absolute Gasteiger partial charge is 0.337 e. The molecule has 0 unspecified atom stereocenters. The van der Waals surface area contributed by atoms with Crippen LogP contribution in [0.1, 0.15) is 22.8 Å². The summed E-state index contributed by atoms with van der Waals surface area (Å²) in [4.78, 5) is 13.9. The van der Waals surface area contributed by atoms with Gasteiger partial charge in [-0.15, -0.1) is 0 Å². The summed E-state index contributed by atoms with van der Waals surface area (Å²) in [5.41, 5.74) is 1.73. The lowest BCUT2D eigenvalue weighted by molar-refractivity contribution is 0.0600. The lowest BCUT2D eigenvalue weighted by atomic mass is 10.1. The van der Waals surface area contributed by atoms with E-state index in [0.29, 0.717) is 5.56 Å². The molecule has 2 rings (SSSR count). The second-order valence-electron chi connectivity index (χ2n) is 4.45. The molecular weight excluding hydrogens is 284 g/mol. The largest absolute Gasteiger partial charge is 0.497 e. The van der Waals surface area contributed by atoms with Crippen molar-refractivity contribution in [1.29, 1.82) is 0 Å². The highest BCUT2D eigenvalue weighted by atomic mass is 32.2. The summed E-state index contributed by atoms with van der Waals surface area (Å²) in [6.45, 7) is 2.08. The molecule has 0 N–H and O–H groups in total. The van der Waals surface area contributed by atoms with Crippen LogP contribution in [0.2, 0.25) is 0 Å². The molecule has 0 aliphatic carbocycles. The van der Waals surface area contributed by atoms with Crippen LogP contribution in [0.4, 0.5) is 0 Å². The first-order valence-electron chi connectivity index (χ1n) is 6.71. The highest BCUT2D eigenvalue weighted by Crippen LogP contribution is 2.32. The van der Waals surface area contributed by atoms with Gasteiger partial charge in [0.15, 0.2) is 0 Å². The van der Waals surface area contributed by atoms with Crippen LogP contribution in [0.15, 0.2) is 52.3 Å². The van der Waals surface area contributed by atoms with E-state index in [1.165, 1.54) is 7.11 Å². The number of methoxy groups -OCH3 is 2. The molecule has 0 radical (unpaired) electrons. The Labute approximate surface area is 129 Å². The zero-order valence-corrected chi connectivity index (χ0v) is 13.2. The molecule has 0 bridgehead atoms. The van der Waals surface area contributed by atoms with Gasteiger partial charge in [0.2, 0.25) is 0 Å². The van der Waals surface area contributed by atoms with Gasteiger partial charge in [-0.1, -0.05) is 18.7 Å². The van der Waals surface area contributed by atoms with Gasteiger partial charge in [-0.05, 0) is 54.4 Å². The Kier molecular flexibility index (Phi) is 5.28. The molecule has 0 saturated carbocycles. The van der Waals surface area contributed by atoms with E-state index in [2.05, 4.69) is 6.92 Å². The lowest BCUT2D eigenvalue weighted by Crippen LogP contribution is -2.02. The van der Waals surface area contributed by atoms with E-state index in [-0.39, 0.29) is 5.97 Å². The average Bonchev–Trinajstić information content (AvgIpc) is 2.55. The monoisotopic (exact) mass is 302 g/mol. The molecule has 0 fully saturated rings. The maximum Gasteiger partial charge on any atom is 0.337 e. The van der Waals surface area contributed by atoms with Crippen molar-refractivity contribution in [3.63, 3.8) is 0 Å². The zero-order chi connectivity index (χ0) is 15.2. The van der Waals surface area contributed by atoms with Gasteiger partial charge in [0.25, 0.3) is 0 Å². The maximum absolute atomic E-state index is 11.6. The van der Waals surface area contributed by atoms with E-state index < -0.39 is 0 Å². The summed E-state index contributed by atoms with van der Waals surface area (Å²) >= 11 is 1.68. The minimum atomic E-state index is -0.300. The van der Waals surface area contributed by atoms with Crippen LogP contribution in [-0.2, 0) is 11.2 Å². The topological polar surface area (TPSA) is 35.5 Å². The number of aryl methyl sites for hydroxylation is 1. The van der Waals surface area contributed by atoms with Crippen LogP contribution in [0.25, 0.3) is 0 Å². The summed E-state index contributed by atoms with van der Waals surface area (Å²) in [6, 6.07) is 13.6. The standard InChI is InChI=1S/C17H18O3S/c1-4-12-11-13(17(18)20-3)5-10-16(12)21-15-8-6-14(19-2)7-9-15/h5-11H,4H2,1-3H3. The molecule has 3 nitrogen and oxygen atoms in total. The highest BCUT2D eigenvalue weighted by molar-refractivity contribution is 7.99. The SMILES string of the molecule is CCc1cc(C(=O)OC)ccc1Sc1ccc(OC)cc1. The number of hydrogen-bond acceptors (Lipinski definition) is 4. The number of esters is 1. The molecule has 0 heterocycles. The Morgan fingerprint density at radius 1 is 1.10 bits per heavy atom. The number of carbonyl (C=O) groups is 1. The number of ether oxygens (including phenoxy) is 2. The molecule has 2 aromatic carbocycles. The predicted octanol–water partition coefficient (Wildman–Crippen LogP) is 4.20. The van der Waals surface area contributed by atoms with Crippen molar-refractivity contribution in [2.45, 2.75) is 23.1 Å². The van der Waals surface area contributed by atoms with Crippen LogP contribution >= 0.6 is 11.8 Å². The summed E-state index contributed by atoms with van der Waals surface area (Å²) in [6.07, 6.45) is 0.864. The minimum absolute atomic E-state index is 0.300. The Hall–Kier alpha value is -1.94. The lowest BCUT2D eigenvalue weighted by Gasteiger charge is -2.10. The number of hydrogen-bond donors (Lipinski definition) is 0.